The lowest BCUT2D eigenvalue weighted by molar-refractivity contribution is 0.671. The minimum Gasteiger partial charge on any atom is -0.454 e. The standard InChI is InChI=1S/C34H17N5O/c1-2-9-25-19(6-1)17-35-33(37-25)18-12-13-20-23-15-14-22-21-7-5-8-24-29-34(38-27-11-4-3-10-26(27)36-29)39(30(21)24)31(22)32(23)40-28(20)16-18/h1-17H. The highest BCUT2D eigenvalue weighted by molar-refractivity contribution is 6.27. The normalized spacial score (nSPS) is 12.5. The van der Waals surface area contributed by atoms with Gasteiger partial charge in [0.1, 0.15) is 11.1 Å². The van der Waals surface area contributed by atoms with E-state index in [4.69, 9.17) is 19.4 Å². The number of aromatic nitrogens is 5. The van der Waals surface area contributed by atoms with E-state index in [1.807, 2.05) is 60.8 Å². The Labute approximate surface area is 225 Å². The summed E-state index contributed by atoms with van der Waals surface area (Å²) in [5.74, 6) is 0.680. The van der Waals surface area contributed by atoms with Gasteiger partial charge in [-0.25, -0.2) is 19.9 Å². The molecule has 0 radical (unpaired) electrons. The Balaban J connectivity index is 1.31. The molecule has 0 amide bonds. The summed E-state index contributed by atoms with van der Waals surface area (Å²) < 4.78 is 8.93. The summed E-state index contributed by atoms with van der Waals surface area (Å²) in [6, 6.07) is 33.1. The highest BCUT2D eigenvalue weighted by Crippen LogP contribution is 2.43. The van der Waals surface area contributed by atoms with Gasteiger partial charge in [-0.2, -0.15) is 0 Å². The maximum atomic E-state index is 6.69. The van der Waals surface area contributed by atoms with Gasteiger partial charge in [-0.05, 0) is 36.4 Å². The summed E-state index contributed by atoms with van der Waals surface area (Å²) in [5, 5.41) is 6.55. The molecule has 0 bridgehead atoms. The van der Waals surface area contributed by atoms with E-state index in [9.17, 15) is 0 Å². The lowest BCUT2D eigenvalue weighted by atomic mass is 10.1. The van der Waals surface area contributed by atoms with Gasteiger partial charge >= 0.3 is 0 Å². The molecule has 5 heterocycles. The molecule has 0 spiro atoms. The second-order valence-corrected chi connectivity index (χ2v) is 10.3. The van der Waals surface area contributed by atoms with Crippen molar-refractivity contribution in [2.45, 2.75) is 0 Å². The van der Waals surface area contributed by atoms with Crippen molar-refractivity contribution in [3.05, 3.63) is 103 Å². The zero-order valence-corrected chi connectivity index (χ0v) is 21.0. The molecule has 10 rings (SSSR count). The van der Waals surface area contributed by atoms with Gasteiger partial charge in [0.2, 0.25) is 0 Å². The van der Waals surface area contributed by atoms with Gasteiger partial charge < -0.3 is 4.42 Å². The first-order chi connectivity index (χ1) is 19.8. The first kappa shape index (κ1) is 20.4. The Morgan fingerprint density at radius 3 is 2.25 bits per heavy atom. The third kappa shape index (κ3) is 2.48. The van der Waals surface area contributed by atoms with Crippen LogP contribution in [0.3, 0.4) is 0 Å². The van der Waals surface area contributed by atoms with Gasteiger partial charge in [-0.1, -0.05) is 60.7 Å². The van der Waals surface area contributed by atoms with Gasteiger partial charge in [0.25, 0.3) is 0 Å². The van der Waals surface area contributed by atoms with Crippen molar-refractivity contribution in [1.29, 1.82) is 0 Å². The molecule has 0 aliphatic heterocycles. The zero-order chi connectivity index (χ0) is 25.9. The molecule has 0 atom stereocenters. The minimum absolute atomic E-state index is 0.680. The Kier molecular flexibility index (Phi) is 3.60. The number of rotatable bonds is 1. The fourth-order valence-corrected chi connectivity index (χ4v) is 6.36. The van der Waals surface area contributed by atoms with Crippen LogP contribution in [0.25, 0.3) is 93.6 Å². The first-order valence-electron chi connectivity index (χ1n) is 13.2. The van der Waals surface area contributed by atoms with Crippen molar-refractivity contribution < 1.29 is 4.42 Å². The summed E-state index contributed by atoms with van der Waals surface area (Å²) in [7, 11) is 0. The second kappa shape index (κ2) is 7.07. The minimum atomic E-state index is 0.680. The van der Waals surface area contributed by atoms with Crippen LogP contribution in [0.15, 0.2) is 108 Å². The third-order valence-corrected chi connectivity index (χ3v) is 8.15. The molecule has 184 valence electrons. The van der Waals surface area contributed by atoms with Crippen LogP contribution in [0.4, 0.5) is 0 Å². The quantitative estimate of drug-likeness (QED) is 0.222. The van der Waals surface area contributed by atoms with Crippen molar-refractivity contribution in [3.8, 4) is 11.4 Å². The topological polar surface area (TPSA) is 69.1 Å². The molecule has 0 fully saturated rings. The predicted molar refractivity (Wildman–Crippen MR) is 160 cm³/mol. The molecule has 40 heavy (non-hydrogen) atoms. The third-order valence-electron chi connectivity index (χ3n) is 8.15. The van der Waals surface area contributed by atoms with E-state index < -0.39 is 0 Å². The van der Waals surface area contributed by atoms with E-state index >= 15 is 0 Å². The van der Waals surface area contributed by atoms with Crippen molar-refractivity contribution in [2.24, 2.45) is 0 Å². The van der Waals surface area contributed by atoms with Gasteiger partial charge in [0, 0.05) is 44.1 Å². The molecule has 10 aromatic rings. The summed E-state index contributed by atoms with van der Waals surface area (Å²) in [6.07, 6.45) is 1.87. The summed E-state index contributed by atoms with van der Waals surface area (Å²) in [5.41, 5.74) is 9.15. The van der Waals surface area contributed by atoms with Crippen molar-refractivity contribution in [3.63, 3.8) is 0 Å². The number of nitrogens with zero attached hydrogens (tertiary/aromatic N) is 5. The van der Waals surface area contributed by atoms with Crippen LogP contribution < -0.4 is 0 Å². The monoisotopic (exact) mass is 511 g/mol. The average molecular weight is 512 g/mol. The van der Waals surface area contributed by atoms with Crippen LogP contribution in [0.5, 0.6) is 0 Å². The maximum absolute atomic E-state index is 6.69. The van der Waals surface area contributed by atoms with Crippen molar-refractivity contribution in [2.75, 3.05) is 0 Å². The Hall–Kier alpha value is -5.62. The number of furan rings is 1. The lowest BCUT2D eigenvalue weighted by Gasteiger charge is -2.02. The number of hydrogen-bond donors (Lipinski definition) is 0. The van der Waals surface area contributed by atoms with E-state index in [1.165, 1.54) is 5.39 Å². The predicted octanol–water partition coefficient (Wildman–Crippen LogP) is 8.29. The Bertz CT molecular complexity index is 2670. The maximum Gasteiger partial charge on any atom is 0.165 e. The van der Waals surface area contributed by atoms with Crippen LogP contribution in [0.1, 0.15) is 0 Å². The van der Waals surface area contributed by atoms with E-state index in [0.717, 1.165) is 82.4 Å². The Morgan fingerprint density at radius 1 is 0.575 bits per heavy atom. The molecule has 0 saturated heterocycles. The molecule has 6 nitrogen and oxygen atoms in total. The highest BCUT2D eigenvalue weighted by Gasteiger charge is 2.23. The number of benzene rings is 5. The van der Waals surface area contributed by atoms with E-state index in [1.54, 1.807) is 0 Å². The molecule has 6 heteroatoms. The van der Waals surface area contributed by atoms with Gasteiger partial charge in [-0.3, -0.25) is 4.40 Å². The summed E-state index contributed by atoms with van der Waals surface area (Å²) >= 11 is 0. The number of para-hydroxylation sites is 4. The smallest absolute Gasteiger partial charge is 0.165 e. The molecular formula is C34H17N5O. The SMILES string of the molecule is c1ccc2nc(-c3ccc4c(c3)oc3c4ccc4c5cccc6c7nc8ccccc8nc7n(c56)c43)ncc2c1. The molecule has 0 saturated carbocycles. The van der Waals surface area contributed by atoms with Gasteiger partial charge in [-0.15, -0.1) is 0 Å². The average Bonchev–Trinajstić information content (AvgIpc) is 3.66. The van der Waals surface area contributed by atoms with Crippen LogP contribution in [0.2, 0.25) is 0 Å². The fraction of sp³-hybridized carbons (Fsp3) is 0. The van der Waals surface area contributed by atoms with Crippen LogP contribution >= 0.6 is 0 Å². The number of fused-ring (bicyclic) bond motifs is 12. The number of hydrogen-bond acceptors (Lipinski definition) is 5. The largest absolute Gasteiger partial charge is 0.454 e. The lowest BCUT2D eigenvalue weighted by Crippen LogP contribution is -1.89. The molecular weight excluding hydrogens is 494 g/mol. The molecule has 5 aromatic heterocycles. The van der Waals surface area contributed by atoms with Crippen LogP contribution in [-0.2, 0) is 0 Å². The van der Waals surface area contributed by atoms with Crippen LogP contribution in [0, 0.1) is 0 Å². The van der Waals surface area contributed by atoms with Crippen LogP contribution in [-0.4, -0.2) is 24.3 Å². The van der Waals surface area contributed by atoms with Crippen molar-refractivity contribution in [1.82, 2.24) is 24.3 Å². The molecule has 0 aliphatic carbocycles. The molecule has 5 aromatic carbocycles. The summed E-state index contributed by atoms with van der Waals surface area (Å²) in [6.45, 7) is 0. The summed E-state index contributed by atoms with van der Waals surface area (Å²) in [4.78, 5) is 19.6. The highest BCUT2D eigenvalue weighted by atomic mass is 16.3. The van der Waals surface area contributed by atoms with Gasteiger partial charge in [0.05, 0.1) is 27.6 Å². The van der Waals surface area contributed by atoms with E-state index in [0.29, 0.717) is 5.82 Å². The van der Waals surface area contributed by atoms with Gasteiger partial charge in [0.15, 0.2) is 17.1 Å². The zero-order valence-electron chi connectivity index (χ0n) is 21.0. The van der Waals surface area contributed by atoms with Crippen molar-refractivity contribution >= 4 is 82.2 Å². The van der Waals surface area contributed by atoms with E-state index in [-0.39, 0.29) is 0 Å². The fourth-order valence-electron chi connectivity index (χ4n) is 6.36. The van der Waals surface area contributed by atoms with E-state index in [2.05, 4.69) is 51.8 Å². The second-order valence-electron chi connectivity index (χ2n) is 10.3. The molecule has 0 aliphatic rings. The molecule has 0 N–H and O–H groups in total. The first-order valence-corrected chi connectivity index (χ1v) is 13.2. The Morgan fingerprint density at radius 2 is 1.32 bits per heavy atom. The molecule has 0 unspecified atom stereocenters.